The average molecular weight is 240 g/mol. The maximum atomic E-state index is 3.83. The summed E-state index contributed by atoms with van der Waals surface area (Å²) in [5.74, 6) is 1.61. The van der Waals surface area contributed by atoms with E-state index in [1.807, 2.05) is 27.7 Å². The molecule has 2 aromatic heterocycles. The lowest BCUT2D eigenvalue weighted by molar-refractivity contribution is 0.430. The van der Waals surface area contributed by atoms with Crippen LogP contribution >= 0.6 is 0 Å². The van der Waals surface area contributed by atoms with Gasteiger partial charge in [-0.05, 0) is 20.9 Å². The van der Waals surface area contributed by atoms with Crippen molar-refractivity contribution in [3.63, 3.8) is 0 Å². The standard InChI is InChI=1S/C4H4N8.2C2H6.CH4/c1-3-5-7-9-11(3)2-12-4(1)6-8-10-12;2*1-2;/h1-2H2;2*1-2H3;1H4. The first-order chi connectivity index (χ1) is 7.93. The molecule has 2 aromatic rings. The second-order valence-electron chi connectivity index (χ2n) is 2.51. The predicted octanol–water partition coefficient (Wildman–Crippen LogP) is 0.758. The van der Waals surface area contributed by atoms with E-state index in [0.29, 0.717) is 13.1 Å². The van der Waals surface area contributed by atoms with Gasteiger partial charge in [0, 0.05) is 0 Å². The largest absolute Gasteiger partial charge is 0.207 e. The van der Waals surface area contributed by atoms with Crippen molar-refractivity contribution in [2.75, 3.05) is 0 Å². The van der Waals surface area contributed by atoms with E-state index in [1.54, 1.807) is 9.36 Å². The summed E-state index contributed by atoms with van der Waals surface area (Å²) in [6.07, 6.45) is 0.597. The minimum absolute atomic E-state index is 0. The van der Waals surface area contributed by atoms with Gasteiger partial charge in [0.15, 0.2) is 11.6 Å². The Bertz CT molecular complexity index is 345. The molecule has 8 heteroatoms. The number of fused-ring (bicyclic) bond motifs is 2. The van der Waals surface area contributed by atoms with Crippen molar-refractivity contribution < 1.29 is 0 Å². The van der Waals surface area contributed by atoms with E-state index < -0.39 is 0 Å². The fourth-order valence-corrected chi connectivity index (χ4v) is 1.19. The maximum absolute atomic E-state index is 3.83. The van der Waals surface area contributed by atoms with Crippen LogP contribution in [0.3, 0.4) is 0 Å². The summed E-state index contributed by atoms with van der Waals surface area (Å²) in [6, 6.07) is 0. The Morgan fingerprint density at radius 2 is 1.24 bits per heavy atom. The van der Waals surface area contributed by atoms with Gasteiger partial charge in [-0.25, -0.2) is 9.36 Å². The first-order valence-electron chi connectivity index (χ1n) is 5.43. The molecule has 0 aliphatic carbocycles. The molecular weight excluding hydrogens is 220 g/mol. The number of hydrogen-bond donors (Lipinski definition) is 0. The molecule has 0 spiro atoms. The molecule has 0 aromatic carbocycles. The zero-order valence-corrected chi connectivity index (χ0v) is 9.99. The monoisotopic (exact) mass is 240 g/mol. The number of tetrazole rings is 2. The summed E-state index contributed by atoms with van der Waals surface area (Å²) in [4.78, 5) is 0. The average Bonchev–Trinajstić information content (AvgIpc) is 2.98. The lowest BCUT2D eigenvalue weighted by atomic mass is 10.3. The summed E-state index contributed by atoms with van der Waals surface area (Å²) in [5, 5.41) is 22.3. The van der Waals surface area contributed by atoms with Gasteiger partial charge in [0.05, 0.1) is 6.42 Å². The van der Waals surface area contributed by atoms with Crippen molar-refractivity contribution in [2.24, 2.45) is 0 Å². The Kier molecular flexibility index (Phi) is 6.61. The van der Waals surface area contributed by atoms with Crippen LogP contribution in [0, 0.1) is 0 Å². The highest BCUT2D eigenvalue weighted by molar-refractivity contribution is 4.99. The number of rotatable bonds is 0. The highest BCUT2D eigenvalue weighted by Crippen LogP contribution is 2.07. The van der Waals surface area contributed by atoms with Gasteiger partial charge in [-0.15, -0.1) is 10.2 Å². The van der Waals surface area contributed by atoms with Crippen LogP contribution in [-0.4, -0.2) is 40.4 Å². The molecule has 0 N–H and O–H groups in total. The Balaban J connectivity index is 0.000000469. The fraction of sp³-hybridized carbons (Fsp3) is 0.778. The van der Waals surface area contributed by atoms with Crippen LogP contribution in [0.15, 0.2) is 0 Å². The minimum atomic E-state index is 0. The Morgan fingerprint density at radius 3 is 1.65 bits per heavy atom. The Morgan fingerprint density at radius 1 is 0.824 bits per heavy atom. The molecule has 17 heavy (non-hydrogen) atoms. The van der Waals surface area contributed by atoms with Crippen molar-refractivity contribution in [1.29, 1.82) is 0 Å². The number of hydrogen-bond acceptors (Lipinski definition) is 6. The predicted molar refractivity (Wildman–Crippen MR) is 63.3 cm³/mol. The Labute approximate surface area is 101 Å². The van der Waals surface area contributed by atoms with Gasteiger partial charge < -0.3 is 0 Å². The smallest absolute Gasteiger partial charge is 0.161 e. The minimum Gasteiger partial charge on any atom is -0.207 e. The van der Waals surface area contributed by atoms with Crippen LogP contribution in [0.4, 0.5) is 0 Å². The third-order valence-electron chi connectivity index (χ3n) is 1.80. The third-order valence-corrected chi connectivity index (χ3v) is 1.80. The molecule has 1 aliphatic heterocycles. The van der Waals surface area contributed by atoms with Crippen LogP contribution in [0.5, 0.6) is 0 Å². The van der Waals surface area contributed by atoms with Crippen LogP contribution in [0.2, 0.25) is 0 Å². The normalized spacial score (nSPS) is 10.6. The van der Waals surface area contributed by atoms with Gasteiger partial charge in [-0.2, -0.15) is 0 Å². The van der Waals surface area contributed by atoms with E-state index in [1.165, 1.54) is 0 Å². The highest BCUT2D eigenvalue weighted by Gasteiger charge is 2.18. The summed E-state index contributed by atoms with van der Waals surface area (Å²) < 4.78 is 3.34. The SMILES string of the molecule is C.C1c2nnnn2Cn2nnnc21.CC.CC. The molecule has 3 heterocycles. The molecule has 0 fully saturated rings. The summed E-state index contributed by atoms with van der Waals surface area (Å²) in [6.45, 7) is 8.50. The van der Waals surface area contributed by atoms with Crippen molar-refractivity contribution in [2.45, 2.75) is 48.2 Å². The Hall–Kier alpha value is -1.86. The van der Waals surface area contributed by atoms with Gasteiger partial charge in [-0.1, -0.05) is 35.1 Å². The number of aromatic nitrogens is 8. The van der Waals surface area contributed by atoms with Crippen molar-refractivity contribution in [3.8, 4) is 0 Å². The molecule has 0 saturated carbocycles. The summed E-state index contributed by atoms with van der Waals surface area (Å²) in [7, 11) is 0. The molecule has 1 aliphatic rings. The van der Waals surface area contributed by atoms with E-state index in [4.69, 9.17) is 0 Å². The summed E-state index contributed by atoms with van der Waals surface area (Å²) in [5.41, 5.74) is 0. The van der Waals surface area contributed by atoms with E-state index in [0.717, 1.165) is 11.6 Å². The first kappa shape index (κ1) is 15.1. The highest BCUT2D eigenvalue weighted by atomic mass is 15.6. The molecular formula is C9H20N8. The van der Waals surface area contributed by atoms with Crippen molar-refractivity contribution in [1.82, 2.24) is 40.4 Å². The van der Waals surface area contributed by atoms with E-state index in [-0.39, 0.29) is 7.43 Å². The van der Waals surface area contributed by atoms with Crippen LogP contribution in [0.25, 0.3) is 0 Å². The second-order valence-corrected chi connectivity index (χ2v) is 2.51. The lowest BCUT2D eigenvalue weighted by Gasteiger charge is -2.09. The zero-order valence-electron chi connectivity index (χ0n) is 9.99. The first-order valence-corrected chi connectivity index (χ1v) is 5.43. The van der Waals surface area contributed by atoms with Crippen LogP contribution in [0.1, 0.15) is 46.8 Å². The topological polar surface area (TPSA) is 87.2 Å². The van der Waals surface area contributed by atoms with Gasteiger partial charge >= 0.3 is 0 Å². The van der Waals surface area contributed by atoms with E-state index in [9.17, 15) is 0 Å². The van der Waals surface area contributed by atoms with Crippen molar-refractivity contribution in [3.05, 3.63) is 11.6 Å². The van der Waals surface area contributed by atoms with E-state index in [2.05, 4.69) is 31.1 Å². The molecule has 0 unspecified atom stereocenters. The molecule has 0 bridgehead atoms. The zero-order chi connectivity index (χ0) is 12.0. The van der Waals surface area contributed by atoms with Crippen molar-refractivity contribution >= 4 is 0 Å². The second kappa shape index (κ2) is 7.42. The van der Waals surface area contributed by atoms with Gasteiger partial charge in [-0.3, -0.25) is 0 Å². The van der Waals surface area contributed by atoms with E-state index >= 15 is 0 Å². The molecule has 0 atom stereocenters. The molecule has 0 radical (unpaired) electrons. The van der Waals surface area contributed by atoms with Gasteiger partial charge in [0.1, 0.15) is 6.67 Å². The van der Waals surface area contributed by atoms with Crippen LogP contribution in [-0.2, 0) is 13.1 Å². The van der Waals surface area contributed by atoms with Gasteiger partial charge in [0.2, 0.25) is 0 Å². The van der Waals surface area contributed by atoms with Gasteiger partial charge in [0.25, 0.3) is 0 Å². The molecule has 0 amide bonds. The quantitative estimate of drug-likeness (QED) is 0.576. The third kappa shape index (κ3) is 3.05. The van der Waals surface area contributed by atoms with Crippen LogP contribution < -0.4 is 0 Å². The fourth-order valence-electron chi connectivity index (χ4n) is 1.19. The maximum Gasteiger partial charge on any atom is 0.161 e. The summed E-state index contributed by atoms with van der Waals surface area (Å²) >= 11 is 0. The number of nitrogens with zero attached hydrogens (tertiary/aromatic N) is 8. The molecule has 0 saturated heterocycles. The molecule has 8 nitrogen and oxygen atoms in total. The molecule has 96 valence electrons. The molecule has 3 rings (SSSR count). The lowest BCUT2D eigenvalue weighted by Crippen LogP contribution is -2.22.